The van der Waals surface area contributed by atoms with Gasteiger partial charge in [0.05, 0.1) is 0 Å². The van der Waals surface area contributed by atoms with E-state index in [1.165, 1.54) is 6.07 Å². The number of aromatic amines is 1. The number of hydrogen-bond donors (Lipinski definition) is 5. The molecule has 7 heteroatoms. The smallest absolute Gasteiger partial charge is 0.223 e. The standard InChI is InChI=1S/C10H13N5O2/c11-9-13-10(15-14-9)12-5-4-6-2-1-3-7(16)8(6)17/h1-3,16-17H,4-5H2,(H4,11,12,13,14,15). The van der Waals surface area contributed by atoms with Crippen LogP contribution in [-0.2, 0) is 6.42 Å². The highest BCUT2D eigenvalue weighted by Crippen LogP contribution is 2.28. The van der Waals surface area contributed by atoms with Gasteiger partial charge in [-0.05, 0) is 18.1 Å². The molecule has 0 aliphatic heterocycles. The molecule has 0 aliphatic rings. The Kier molecular flexibility index (Phi) is 2.99. The van der Waals surface area contributed by atoms with E-state index in [0.717, 1.165) is 0 Å². The summed E-state index contributed by atoms with van der Waals surface area (Å²) in [4.78, 5) is 2.72. The second-order valence-electron chi connectivity index (χ2n) is 3.52. The summed E-state index contributed by atoms with van der Waals surface area (Å²) >= 11 is 0. The molecule has 2 aromatic rings. The number of nitrogen functional groups attached to an aromatic ring is 1. The molecule has 0 amide bonds. The van der Waals surface area contributed by atoms with Gasteiger partial charge in [-0.2, -0.15) is 0 Å². The fourth-order valence-electron chi connectivity index (χ4n) is 1.45. The number of nitrogens with two attached hydrogens (primary N) is 1. The molecule has 0 saturated carbocycles. The van der Waals surface area contributed by atoms with Gasteiger partial charge in [0.2, 0.25) is 11.9 Å². The first kappa shape index (κ1) is 11.1. The predicted octanol–water partition coefficient (Wildman–Crippen LogP) is 0.453. The number of nitrogens with one attached hydrogen (secondary N) is 2. The van der Waals surface area contributed by atoms with Crippen LogP contribution in [0.15, 0.2) is 18.2 Å². The number of anilines is 2. The van der Waals surface area contributed by atoms with Gasteiger partial charge in [-0.25, -0.2) is 0 Å². The van der Waals surface area contributed by atoms with Crippen LogP contribution in [0.5, 0.6) is 11.5 Å². The lowest BCUT2D eigenvalue weighted by molar-refractivity contribution is 0.399. The van der Waals surface area contributed by atoms with E-state index in [1.807, 2.05) is 0 Å². The van der Waals surface area contributed by atoms with E-state index in [9.17, 15) is 10.2 Å². The van der Waals surface area contributed by atoms with Crippen LogP contribution < -0.4 is 11.1 Å². The SMILES string of the molecule is Nc1nnc(NCCc2cccc(O)c2O)[nH]1. The lowest BCUT2D eigenvalue weighted by atomic mass is 10.1. The Morgan fingerprint density at radius 1 is 1.29 bits per heavy atom. The highest BCUT2D eigenvalue weighted by molar-refractivity contribution is 5.44. The number of rotatable bonds is 4. The van der Waals surface area contributed by atoms with Crippen LogP contribution >= 0.6 is 0 Å². The molecule has 90 valence electrons. The van der Waals surface area contributed by atoms with E-state index in [0.29, 0.717) is 24.5 Å². The van der Waals surface area contributed by atoms with Gasteiger partial charge in [-0.1, -0.05) is 12.1 Å². The fraction of sp³-hybridized carbons (Fsp3) is 0.200. The summed E-state index contributed by atoms with van der Waals surface area (Å²) in [5.41, 5.74) is 6.02. The van der Waals surface area contributed by atoms with E-state index >= 15 is 0 Å². The van der Waals surface area contributed by atoms with E-state index in [1.54, 1.807) is 12.1 Å². The monoisotopic (exact) mass is 235 g/mol. The Hall–Kier alpha value is -2.44. The van der Waals surface area contributed by atoms with Crippen molar-refractivity contribution in [1.29, 1.82) is 0 Å². The van der Waals surface area contributed by atoms with Crippen LogP contribution in [0.25, 0.3) is 0 Å². The van der Waals surface area contributed by atoms with Gasteiger partial charge in [-0.15, -0.1) is 10.2 Å². The summed E-state index contributed by atoms with van der Waals surface area (Å²) in [5.74, 6) is 0.507. The Labute approximate surface area is 97.3 Å². The zero-order valence-corrected chi connectivity index (χ0v) is 9.01. The van der Waals surface area contributed by atoms with Crippen molar-refractivity contribution < 1.29 is 10.2 Å². The van der Waals surface area contributed by atoms with Gasteiger partial charge in [0.15, 0.2) is 11.5 Å². The number of phenols is 2. The van der Waals surface area contributed by atoms with E-state index in [-0.39, 0.29) is 17.4 Å². The average molecular weight is 235 g/mol. The molecule has 0 atom stereocenters. The summed E-state index contributed by atoms with van der Waals surface area (Å²) in [5, 5.41) is 29.2. The molecule has 6 N–H and O–H groups in total. The minimum atomic E-state index is -0.119. The third-order valence-corrected chi connectivity index (χ3v) is 2.29. The fourth-order valence-corrected chi connectivity index (χ4v) is 1.45. The molecule has 17 heavy (non-hydrogen) atoms. The third-order valence-electron chi connectivity index (χ3n) is 2.29. The van der Waals surface area contributed by atoms with Gasteiger partial charge < -0.3 is 21.3 Å². The summed E-state index contributed by atoms with van der Waals surface area (Å²) in [7, 11) is 0. The normalized spacial score (nSPS) is 10.4. The number of nitrogens with zero attached hydrogens (tertiary/aromatic N) is 2. The molecule has 0 spiro atoms. The topological polar surface area (TPSA) is 120 Å². The number of aromatic hydroxyl groups is 2. The second kappa shape index (κ2) is 4.60. The van der Waals surface area contributed by atoms with Gasteiger partial charge >= 0.3 is 0 Å². The van der Waals surface area contributed by atoms with Crippen molar-refractivity contribution in [3.8, 4) is 11.5 Å². The van der Waals surface area contributed by atoms with Crippen molar-refractivity contribution in [2.75, 3.05) is 17.6 Å². The first-order valence-corrected chi connectivity index (χ1v) is 5.08. The van der Waals surface area contributed by atoms with Crippen molar-refractivity contribution >= 4 is 11.9 Å². The molecule has 1 aromatic heterocycles. The molecule has 1 heterocycles. The molecular formula is C10H13N5O2. The number of aromatic nitrogens is 3. The minimum absolute atomic E-state index is 0.0913. The molecule has 0 radical (unpaired) electrons. The highest BCUT2D eigenvalue weighted by atomic mass is 16.3. The molecular weight excluding hydrogens is 222 g/mol. The van der Waals surface area contributed by atoms with Crippen LogP contribution in [0.3, 0.4) is 0 Å². The molecule has 1 aromatic carbocycles. The summed E-state index contributed by atoms with van der Waals surface area (Å²) in [6.07, 6.45) is 0.542. The largest absolute Gasteiger partial charge is 0.504 e. The number of H-pyrrole nitrogens is 1. The Morgan fingerprint density at radius 2 is 2.12 bits per heavy atom. The van der Waals surface area contributed by atoms with E-state index in [4.69, 9.17) is 5.73 Å². The molecule has 0 bridgehead atoms. The van der Waals surface area contributed by atoms with Crippen LogP contribution in [0, 0.1) is 0 Å². The molecule has 0 saturated heterocycles. The second-order valence-corrected chi connectivity index (χ2v) is 3.52. The van der Waals surface area contributed by atoms with Crippen LogP contribution in [0.4, 0.5) is 11.9 Å². The number of benzene rings is 1. The van der Waals surface area contributed by atoms with Crippen molar-refractivity contribution in [3.05, 3.63) is 23.8 Å². The van der Waals surface area contributed by atoms with E-state index < -0.39 is 0 Å². The zero-order chi connectivity index (χ0) is 12.3. The third kappa shape index (κ3) is 2.57. The van der Waals surface area contributed by atoms with Gasteiger partial charge in [0.1, 0.15) is 0 Å². The van der Waals surface area contributed by atoms with Gasteiger partial charge in [0, 0.05) is 6.54 Å². The number of hydrogen-bond acceptors (Lipinski definition) is 6. The molecule has 2 rings (SSSR count). The van der Waals surface area contributed by atoms with Crippen LogP contribution in [0.1, 0.15) is 5.56 Å². The maximum absolute atomic E-state index is 9.57. The average Bonchev–Trinajstić information content (AvgIpc) is 2.70. The molecule has 0 fully saturated rings. The Bertz CT molecular complexity index is 511. The van der Waals surface area contributed by atoms with Crippen LogP contribution in [0.2, 0.25) is 0 Å². The maximum Gasteiger partial charge on any atom is 0.223 e. The summed E-state index contributed by atoms with van der Waals surface area (Å²) in [6, 6.07) is 4.85. The summed E-state index contributed by atoms with van der Waals surface area (Å²) in [6.45, 7) is 0.533. The first-order valence-electron chi connectivity index (χ1n) is 5.08. The highest BCUT2D eigenvalue weighted by Gasteiger charge is 2.05. The van der Waals surface area contributed by atoms with E-state index in [2.05, 4.69) is 20.5 Å². The van der Waals surface area contributed by atoms with Gasteiger partial charge in [-0.3, -0.25) is 4.98 Å². The zero-order valence-electron chi connectivity index (χ0n) is 9.01. The lowest BCUT2D eigenvalue weighted by Gasteiger charge is -2.06. The Balaban J connectivity index is 1.92. The molecule has 0 aliphatic carbocycles. The first-order chi connectivity index (χ1) is 8.16. The van der Waals surface area contributed by atoms with Crippen molar-refractivity contribution in [2.45, 2.75) is 6.42 Å². The van der Waals surface area contributed by atoms with Gasteiger partial charge in [0.25, 0.3) is 0 Å². The molecule has 7 nitrogen and oxygen atoms in total. The predicted molar refractivity (Wildman–Crippen MR) is 62.8 cm³/mol. The number of para-hydroxylation sites is 1. The minimum Gasteiger partial charge on any atom is -0.504 e. The quantitative estimate of drug-likeness (QED) is 0.491. The van der Waals surface area contributed by atoms with Crippen LogP contribution in [-0.4, -0.2) is 31.9 Å². The number of phenolic OH excluding ortho intramolecular Hbond substituents is 2. The Morgan fingerprint density at radius 3 is 2.82 bits per heavy atom. The van der Waals surface area contributed by atoms with Crippen molar-refractivity contribution in [3.63, 3.8) is 0 Å². The lowest BCUT2D eigenvalue weighted by Crippen LogP contribution is -2.06. The van der Waals surface area contributed by atoms with Crippen molar-refractivity contribution in [2.24, 2.45) is 0 Å². The molecule has 0 unspecified atom stereocenters. The van der Waals surface area contributed by atoms with Crippen molar-refractivity contribution in [1.82, 2.24) is 15.2 Å². The maximum atomic E-state index is 9.57. The summed E-state index contributed by atoms with van der Waals surface area (Å²) < 4.78 is 0.